The van der Waals surface area contributed by atoms with Crippen molar-refractivity contribution < 1.29 is 9.53 Å². The van der Waals surface area contributed by atoms with Crippen molar-refractivity contribution in [3.8, 4) is 16.9 Å². The normalized spacial score (nSPS) is 16.1. The zero-order valence-corrected chi connectivity index (χ0v) is 17.6. The predicted molar refractivity (Wildman–Crippen MR) is 116 cm³/mol. The minimum Gasteiger partial charge on any atom is -0.493 e. The summed E-state index contributed by atoms with van der Waals surface area (Å²) in [5.74, 6) is 1.07. The Morgan fingerprint density at radius 1 is 1.23 bits per heavy atom. The van der Waals surface area contributed by atoms with E-state index in [2.05, 4.69) is 28.2 Å². The van der Waals surface area contributed by atoms with Gasteiger partial charge in [0, 0.05) is 30.9 Å². The average Bonchev–Trinajstić information content (AvgIpc) is 3.42. The molecule has 1 aromatic carbocycles. The van der Waals surface area contributed by atoms with E-state index in [1.807, 2.05) is 42.3 Å². The van der Waals surface area contributed by atoms with Gasteiger partial charge in [-0.1, -0.05) is 17.7 Å². The number of nitrogens with one attached hydrogen (secondary N) is 1. The molecular formula is C24H28N4O2. The average molecular weight is 405 g/mol. The number of hydrogen-bond donors (Lipinski definition) is 1. The first kappa shape index (κ1) is 20.1. The first-order valence-corrected chi connectivity index (χ1v) is 10.6. The molecule has 3 heterocycles. The highest BCUT2D eigenvalue weighted by atomic mass is 16.5. The Kier molecular flexibility index (Phi) is 6.12. The minimum atomic E-state index is 0.0448. The largest absolute Gasteiger partial charge is 0.493 e. The maximum Gasteiger partial charge on any atom is 0.223 e. The van der Waals surface area contributed by atoms with E-state index in [0.29, 0.717) is 19.4 Å². The van der Waals surface area contributed by atoms with Crippen molar-refractivity contribution in [1.29, 1.82) is 0 Å². The lowest BCUT2D eigenvalue weighted by molar-refractivity contribution is -0.132. The highest BCUT2D eigenvalue weighted by Gasteiger charge is 2.32. The van der Waals surface area contributed by atoms with E-state index in [9.17, 15) is 4.79 Å². The summed E-state index contributed by atoms with van der Waals surface area (Å²) in [5.41, 5.74) is 5.47. The summed E-state index contributed by atoms with van der Waals surface area (Å²) < 4.78 is 5.89. The topological polar surface area (TPSA) is 71.1 Å². The number of likely N-dealkylation sites (tertiary alicyclic amines) is 1. The molecule has 1 N–H and O–H groups in total. The Morgan fingerprint density at radius 2 is 2.07 bits per heavy atom. The smallest absolute Gasteiger partial charge is 0.223 e. The van der Waals surface area contributed by atoms with Gasteiger partial charge in [-0.15, -0.1) is 0 Å². The van der Waals surface area contributed by atoms with Crippen molar-refractivity contribution in [1.82, 2.24) is 20.1 Å². The van der Waals surface area contributed by atoms with Gasteiger partial charge >= 0.3 is 0 Å². The molecule has 0 spiro atoms. The van der Waals surface area contributed by atoms with Crippen LogP contribution < -0.4 is 4.74 Å². The van der Waals surface area contributed by atoms with Crippen LogP contribution in [0.15, 0.2) is 48.9 Å². The number of ether oxygens (including phenoxy) is 1. The molecule has 156 valence electrons. The summed E-state index contributed by atoms with van der Waals surface area (Å²) in [5, 5.41) is 7.40. The SMILES string of the molecule is Cc1ccc(OCCCC(=O)N2CCCC2c2[nH]ncc2-c2ccncc2)c(C)c1. The van der Waals surface area contributed by atoms with E-state index in [1.165, 1.54) is 5.56 Å². The van der Waals surface area contributed by atoms with Crippen LogP contribution in [-0.4, -0.2) is 39.1 Å². The molecule has 1 amide bonds. The lowest BCUT2D eigenvalue weighted by Gasteiger charge is -2.25. The van der Waals surface area contributed by atoms with Crippen LogP contribution in [0.1, 0.15) is 48.5 Å². The molecule has 30 heavy (non-hydrogen) atoms. The molecule has 0 radical (unpaired) electrons. The third kappa shape index (κ3) is 4.37. The van der Waals surface area contributed by atoms with Crippen molar-refractivity contribution in [2.75, 3.05) is 13.2 Å². The molecule has 1 aliphatic rings. The fourth-order valence-electron chi connectivity index (χ4n) is 4.19. The molecule has 0 aliphatic carbocycles. The van der Waals surface area contributed by atoms with Crippen LogP contribution in [0.5, 0.6) is 5.75 Å². The van der Waals surface area contributed by atoms with Crippen molar-refractivity contribution in [3.05, 3.63) is 65.7 Å². The molecule has 0 saturated carbocycles. The van der Waals surface area contributed by atoms with Crippen LogP contribution in [0.3, 0.4) is 0 Å². The zero-order chi connectivity index (χ0) is 20.9. The van der Waals surface area contributed by atoms with Gasteiger partial charge in [0.2, 0.25) is 5.91 Å². The Labute approximate surface area is 177 Å². The Morgan fingerprint density at radius 3 is 2.87 bits per heavy atom. The lowest BCUT2D eigenvalue weighted by atomic mass is 10.0. The van der Waals surface area contributed by atoms with E-state index in [-0.39, 0.29) is 11.9 Å². The number of rotatable bonds is 7. The summed E-state index contributed by atoms with van der Waals surface area (Å²) in [6.07, 6.45) is 8.54. The van der Waals surface area contributed by atoms with Gasteiger partial charge in [-0.3, -0.25) is 14.9 Å². The maximum absolute atomic E-state index is 12.9. The molecule has 3 aromatic rings. The first-order valence-electron chi connectivity index (χ1n) is 10.6. The van der Waals surface area contributed by atoms with Crippen molar-refractivity contribution >= 4 is 5.91 Å². The second-order valence-corrected chi connectivity index (χ2v) is 7.90. The fraction of sp³-hybridized carbons (Fsp3) is 0.375. The molecule has 6 heteroatoms. The standard InChI is InChI=1S/C24H28N4O2/c1-17-7-8-22(18(2)15-17)30-14-4-6-23(29)28-13-3-5-21(28)24-20(16-26-27-24)19-9-11-25-12-10-19/h7-12,15-16,21H,3-6,13-14H2,1-2H3,(H,26,27). The van der Waals surface area contributed by atoms with Crippen LogP contribution >= 0.6 is 0 Å². The van der Waals surface area contributed by atoms with Crippen LogP contribution in [0.2, 0.25) is 0 Å². The predicted octanol–water partition coefficient (Wildman–Crippen LogP) is 4.61. The van der Waals surface area contributed by atoms with Crippen LogP contribution in [0, 0.1) is 13.8 Å². The Bertz CT molecular complexity index is 999. The summed E-state index contributed by atoms with van der Waals surface area (Å²) in [6.45, 7) is 5.45. The van der Waals surface area contributed by atoms with Gasteiger partial charge in [0.15, 0.2) is 0 Å². The van der Waals surface area contributed by atoms with E-state index in [4.69, 9.17) is 4.74 Å². The number of carbonyl (C=O) groups is 1. The maximum atomic E-state index is 12.9. The van der Waals surface area contributed by atoms with Gasteiger partial charge in [-0.05, 0) is 62.4 Å². The van der Waals surface area contributed by atoms with Gasteiger partial charge in [0.25, 0.3) is 0 Å². The summed E-state index contributed by atoms with van der Waals surface area (Å²) in [7, 11) is 0. The second-order valence-electron chi connectivity index (χ2n) is 7.90. The first-order chi connectivity index (χ1) is 14.6. The number of aromatic nitrogens is 3. The number of benzene rings is 1. The number of nitrogens with zero attached hydrogens (tertiary/aromatic N) is 3. The number of hydrogen-bond acceptors (Lipinski definition) is 4. The van der Waals surface area contributed by atoms with Gasteiger partial charge in [0.1, 0.15) is 5.75 Å². The molecule has 6 nitrogen and oxygen atoms in total. The lowest BCUT2D eigenvalue weighted by Crippen LogP contribution is -2.31. The summed E-state index contributed by atoms with van der Waals surface area (Å²) >= 11 is 0. The molecule has 1 aliphatic heterocycles. The van der Waals surface area contributed by atoms with E-state index < -0.39 is 0 Å². The number of amides is 1. The molecular weight excluding hydrogens is 376 g/mol. The molecule has 1 unspecified atom stereocenters. The monoisotopic (exact) mass is 404 g/mol. The van der Waals surface area contributed by atoms with E-state index >= 15 is 0 Å². The highest BCUT2D eigenvalue weighted by molar-refractivity contribution is 5.77. The molecule has 2 aromatic heterocycles. The molecule has 1 fully saturated rings. The zero-order valence-electron chi connectivity index (χ0n) is 17.6. The number of aryl methyl sites for hydroxylation is 2. The van der Waals surface area contributed by atoms with Crippen molar-refractivity contribution in [2.24, 2.45) is 0 Å². The van der Waals surface area contributed by atoms with E-state index in [0.717, 1.165) is 47.5 Å². The van der Waals surface area contributed by atoms with Gasteiger partial charge in [0.05, 0.1) is 24.5 Å². The Balaban J connectivity index is 1.36. The highest BCUT2D eigenvalue weighted by Crippen LogP contribution is 2.36. The van der Waals surface area contributed by atoms with Crippen LogP contribution in [0.4, 0.5) is 0 Å². The van der Waals surface area contributed by atoms with Crippen molar-refractivity contribution in [3.63, 3.8) is 0 Å². The number of H-pyrrole nitrogens is 1. The van der Waals surface area contributed by atoms with E-state index in [1.54, 1.807) is 12.4 Å². The molecule has 1 atom stereocenters. The number of pyridine rings is 1. The molecule has 1 saturated heterocycles. The summed E-state index contributed by atoms with van der Waals surface area (Å²) in [4.78, 5) is 19.0. The van der Waals surface area contributed by atoms with Gasteiger partial charge in [-0.2, -0.15) is 5.10 Å². The van der Waals surface area contributed by atoms with Crippen LogP contribution in [0.25, 0.3) is 11.1 Å². The minimum absolute atomic E-state index is 0.0448. The molecule has 0 bridgehead atoms. The van der Waals surface area contributed by atoms with Gasteiger partial charge in [-0.25, -0.2) is 0 Å². The number of aromatic amines is 1. The van der Waals surface area contributed by atoms with Gasteiger partial charge < -0.3 is 9.64 Å². The van der Waals surface area contributed by atoms with Crippen molar-refractivity contribution in [2.45, 2.75) is 45.6 Å². The quantitative estimate of drug-likeness (QED) is 0.584. The fourth-order valence-corrected chi connectivity index (χ4v) is 4.19. The third-order valence-electron chi connectivity index (χ3n) is 5.69. The second kappa shape index (κ2) is 9.11. The number of carbonyl (C=O) groups excluding carboxylic acids is 1. The van der Waals surface area contributed by atoms with Crippen LogP contribution in [-0.2, 0) is 4.79 Å². The third-order valence-corrected chi connectivity index (χ3v) is 5.69. The Hall–Kier alpha value is -3.15. The summed E-state index contributed by atoms with van der Waals surface area (Å²) in [6, 6.07) is 10.2. The molecule has 4 rings (SSSR count).